The Bertz CT molecular complexity index is 1120. The molecule has 0 fully saturated rings. The van der Waals surface area contributed by atoms with Crippen LogP contribution in [0, 0.1) is 17.8 Å². The van der Waals surface area contributed by atoms with Crippen LogP contribution >= 0.6 is 0 Å². The Morgan fingerprint density at radius 2 is 1.94 bits per heavy atom. The maximum absolute atomic E-state index is 11.1. The molecular weight excluding hydrogens is 422 g/mol. The molecule has 4 rings (SSSR count). The molecule has 2 aliphatic rings. The summed E-state index contributed by atoms with van der Waals surface area (Å²) in [4.78, 5) is 13.7. The van der Waals surface area contributed by atoms with Gasteiger partial charge in [0.15, 0.2) is 0 Å². The quantitative estimate of drug-likeness (QED) is 0.527. The predicted octanol–water partition coefficient (Wildman–Crippen LogP) is 5.60. The molecule has 0 saturated carbocycles. The summed E-state index contributed by atoms with van der Waals surface area (Å²) in [6.45, 7) is 6.78. The van der Waals surface area contributed by atoms with Crippen LogP contribution in [0.1, 0.15) is 49.3 Å². The normalized spacial score (nSPS) is 19.2. The van der Waals surface area contributed by atoms with Gasteiger partial charge in [-0.3, -0.25) is 9.69 Å². The number of carboxylic acid groups (broad SMARTS) is 1. The average molecular weight is 456 g/mol. The zero-order valence-corrected chi connectivity index (χ0v) is 20.0. The first-order chi connectivity index (χ1) is 16.5. The fraction of sp³-hybridized carbons (Fsp3) is 0.367. The summed E-state index contributed by atoms with van der Waals surface area (Å²) in [5.74, 6) is 5.82. The van der Waals surface area contributed by atoms with Gasteiger partial charge in [0, 0.05) is 25.0 Å². The first kappa shape index (κ1) is 23.9. The van der Waals surface area contributed by atoms with Gasteiger partial charge in [-0.2, -0.15) is 0 Å². The molecular formula is C30H33NO3. The van der Waals surface area contributed by atoms with Crippen LogP contribution in [0.25, 0.3) is 0 Å². The van der Waals surface area contributed by atoms with Crippen LogP contribution < -0.4 is 4.74 Å². The lowest BCUT2D eigenvalue weighted by Crippen LogP contribution is -2.38. The Morgan fingerprint density at radius 1 is 1.18 bits per heavy atom. The van der Waals surface area contributed by atoms with Crippen molar-refractivity contribution in [2.75, 3.05) is 13.2 Å². The van der Waals surface area contributed by atoms with Crippen molar-refractivity contribution in [3.63, 3.8) is 0 Å². The standard InChI is InChI=1S/C30H33NO3/c1-3-6-27(19-30(32)33)26-13-15-29(16-14-26)34-21-23-9-11-24(12-10-23)22(2)31-18-17-25-7-4-5-8-28(25)20-31/h4-5,7-9,11-16,22-23,27H,10,17-21H2,1-2H3,(H,32,33)/t22?,23?,27-/m0/s1. The molecule has 2 aromatic carbocycles. The maximum atomic E-state index is 11.1. The highest BCUT2D eigenvalue weighted by molar-refractivity contribution is 5.69. The zero-order chi connectivity index (χ0) is 23.9. The Hall–Kier alpha value is -3.29. The van der Waals surface area contributed by atoms with Crippen molar-refractivity contribution in [2.24, 2.45) is 5.92 Å². The average Bonchev–Trinajstić information content (AvgIpc) is 2.87. The van der Waals surface area contributed by atoms with Crippen LogP contribution in [0.5, 0.6) is 5.75 Å². The van der Waals surface area contributed by atoms with Gasteiger partial charge in [-0.1, -0.05) is 60.5 Å². The van der Waals surface area contributed by atoms with Crippen LogP contribution in [0.2, 0.25) is 0 Å². The number of nitrogens with zero attached hydrogens (tertiary/aromatic N) is 1. The number of ether oxygens (including phenoxy) is 1. The van der Waals surface area contributed by atoms with Crippen molar-refractivity contribution in [1.82, 2.24) is 4.90 Å². The minimum atomic E-state index is -0.844. The summed E-state index contributed by atoms with van der Waals surface area (Å²) in [6.07, 6.45) is 9.01. The number of carbonyl (C=O) groups is 1. The Kier molecular flexibility index (Phi) is 7.87. The molecule has 4 nitrogen and oxygen atoms in total. The number of rotatable bonds is 8. The lowest BCUT2D eigenvalue weighted by Gasteiger charge is -2.35. The third-order valence-corrected chi connectivity index (χ3v) is 6.85. The van der Waals surface area contributed by atoms with Gasteiger partial charge in [0.1, 0.15) is 5.75 Å². The molecule has 2 aromatic rings. The van der Waals surface area contributed by atoms with E-state index < -0.39 is 5.97 Å². The second-order valence-electron chi connectivity index (χ2n) is 9.15. The molecule has 0 spiro atoms. The molecule has 0 radical (unpaired) electrons. The van der Waals surface area contributed by atoms with E-state index in [1.54, 1.807) is 6.92 Å². The van der Waals surface area contributed by atoms with Gasteiger partial charge in [-0.05, 0) is 61.1 Å². The van der Waals surface area contributed by atoms with E-state index in [0.717, 1.165) is 37.2 Å². The van der Waals surface area contributed by atoms with Gasteiger partial charge in [-0.25, -0.2) is 0 Å². The number of hydrogen-bond donors (Lipinski definition) is 1. The van der Waals surface area contributed by atoms with Crippen LogP contribution in [-0.4, -0.2) is 35.2 Å². The molecule has 0 saturated heterocycles. The molecule has 0 bridgehead atoms. The minimum Gasteiger partial charge on any atom is -0.493 e. The van der Waals surface area contributed by atoms with E-state index in [1.807, 2.05) is 24.3 Å². The van der Waals surface area contributed by atoms with Crippen molar-refractivity contribution >= 4 is 5.97 Å². The summed E-state index contributed by atoms with van der Waals surface area (Å²) in [7, 11) is 0. The van der Waals surface area contributed by atoms with E-state index >= 15 is 0 Å². The molecule has 1 heterocycles. The molecule has 176 valence electrons. The van der Waals surface area contributed by atoms with Gasteiger partial charge in [0.25, 0.3) is 0 Å². The summed E-state index contributed by atoms with van der Waals surface area (Å²) >= 11 is 0. The van der Waals surface area contributed by atoms with E-state index in [-0.39, 0.29) is 12.3 Å². The van der Waals surface area contributed by atoms with Crippen molar-refractivity contribution in [1.29, 1.82) is 0 Å². The van der Waals surface area contributed by atoms with Gasteiger partial charge in [0.05, 0.1) is 18.9 Å². The van der Waals surface area contributed by atoms with Gasteiger partial charge in [0.2, 0.25) is 0 Å². The fourth-order valence-electron chi connectivity index (χ4n) is 4.77. The van der Waals surface area contributed by atoms with Crippen molar-refractivity contribution in [3.05, 3.63) is 89.0 Å². The van der Waals surface area contributed by atoms with E-state index in [2.05, 4.69) is 66.2 Å². The Balaban J connectivity index is 1.28. The lowest BCUT2D eigenvalue weighted by atomic mass is 9.92. The summed E-state index contributed by atoms with van der Waals surface area (Å²) in [5.41, 5.74) is 5.24. The van der Waals surface area contributed by atoms with E-state index in [1.165, 1.54) is 16.7 Å². The topological polar surface area (TPSA) is 49.8 Å². The number of fused-ring (bicyclic) bond motifs is 1. The molecule has 0 aromatic heterocycles. The molecule has 2 unspecified atom stereocenters. The second kappa shape index (κ2) is 11.2. The third-order valence-electron chi connectivity index (χ3n) is 6.85. The molecule has 4 heteroatoms. The third kappa shape index (κ3) is 5.98. The number of benzene rings is 2. The van der Waals surface area contributed by atoms with E-state index in [0.29, 0.717) is 18.6 Å². The molecule has 1 aliphatic heterocycles. The number of aliphatic carboxylic acids is 1. The molecule has 3 atom stereocenters. The van der Waals surface area contributed by atoms with Crippen molar-refractivity contribution < 1.29 is 14.6 Å². The highest BCUT2D eigenvalue weighted by Crippen LogP contribution is 2.27. The first-order valence-electron chi connectivity index (χ1n) is 12.1. The Morgan fingerprint density at radius 3 is 2.62 bits per heavy atom. The predicted molar refractivity (Wildman–Crippen MR) is 136 cm³/mol. The van der Waals surface area contributed by atoms with Gasteiger partial charge in [-0.15, -0.1) is 5.92 Å². The second-order valence-corrected chi connectivity index (χ2v) is 9.15. The number of allylic oxidation sites excluding steroid dienone is 1. The monoisotopic (exact) mass is 455 g/mol. The van der Waals surface area contributed by atoms with Crippen LogP contribution in [-0.2, 0) is 17.8 Å². The Labute approximate surface area is 202 Å². The van der Waals surface area contributed by atoms with Gasteiger partial charge >= 0.3 is 5.97 Å². The summed E-state index contributed by atoms with van der Waals surface area (Å²) in [5, 5.41) is 9.11. The van der Waals surface area contributed by atoms with Crippen molar-refractivity contribution in [2.45, 2.75) is 51.6 Å². The molecule has 1 aliphatic carbocycles. The van der Waals surface area contributed by atoms with Crippen LogP contribution in [0.15, 0.2) is 72.3 Å². The van der Waals surface area contributed by atoms with Crippen LogP contribution in [0.3, 0.4) is 0 Å². The summed E-state index contributed by atoms with van der Waals surface area (Å²) < 4.78 is 6.03. The zero-order valence-electron chi connectivity index (χ0n) is 20.0. The maximum Gasteiger partial charge on any atom is 0.304 e. The number of carboxylic acids is 1. The molecule has 1 N–H and O–H groups in total. The highest BCUT2D eigenvalue weighted by atomic mass is 16.5. The van der Waals surface area contributed by atoms with Crippen LogP contribution in [0.4, 0.5) is 0 Å². The van der Waals surface area contributed by atoms with E-state index in [9.17, 15) is 4.79 Å². The largest absolute Gasteiger partial charge is 0.493 e. The molecule has 34 heavy (non-hydrogen) atoms. The highest BCUT2D eigenvalue weighted by Gasteiger charge is 2.23. The molecule has 0 amide bonds. The van der Waals surface area contributed by atoms with Gasteiger partial charge < -0.3 is 9.84 Å². The lowest BCUT2D eigenvalue weighted by molar-refractivity contribution is -0.137. The van der Waals surface area contributed by atoms with E-state index in [4.69, 9.17) is 9.84 Å². The summed E-state index contributed by atoms with van der Waals surface area (Å²) in [6, 6.07) is 16.8. The smallest absolute Gasteiger partial charge is 0.304 e. The fourth-order valence-corrected chi connectivity index (χ4v) is 4.77. The SMILES string of the molecule is CC#C[C@@H](CC(=O)O)c1ccc(OCC2C=CC(C(C)N3CCc4ccccc4C3)=CC2)cc1. The minimum absolute atomic E-state index is 0.00490. The first-order valence-corrected chi connectivity index (χ1v) is 12.1. The number of hydrogen-bond acceptors (Lipinski definition) is 3. The van der Waals surface area contributed by atoms with Crippen molar-refractivity contribution in [3.8, 4) is 17.6 Å².